The summed E-state index contributed by atoms with van der Waals surface area (Å²) in [5.74, 6) is 0.689. The molecule has 1 aliphatic rings. The number of hydrogen-bond donors (Lipinski definition) is 2. The van der Waals surface area contributed by atoms with E-state index in [0.717, 1.165) is 18.4 Å². The first-order valence-corrected chi connectivity index (χ1v) is 10.5. The lowest BCUT2D eigenvalue weighted by molar-refractivity contribution is -0.121. The topological polar surface area (TPSA) is 84.2 Å². The number of rotatable bonds is 5. The van der Waals surface area contributed by atoms with Gasteiger partial charge in [-0.3, -0.25) is 20.4 Å². The average Bonchev–Trinajstić information content (AvgIpc) is 3.33. The van der Waals surface area contributed by atoms with Gasteiger partial charge >= 0.3 is 0 Å². The summed E-state index contributed by atoms with van der Waals surface area (Å²) in [6, 6.07) is 9.45. The van der Waals surface area contributed by atoms with Gasteiger partial charge in [-0.1, -0.05) is 25.5 Å². The van der Waals surface area contributed by atoms with Crippen LogP contribution in [0.3, 0.4) is 0 Å². The maximum absolute atomic E-state index is 12.4. The van der Waals surface area contributed by atoms with E-state index in [1.807, 2.05) is 30.3 Å². The minimum atomic E-state index is -0.275. The van der Waals surface area contributed by atoms with Gasteiger partial charge in [0, 0.05) is 17.7 Å². The van der Waals surface area contributed by atoms with E-state index < -0.39 is 0 Å². The molecule has 2 amide bonds. The number of para-hydroxylation sites is 2. The number of aromatic nitrogens is 1. The first-order valence-electron chi connectivity index (χ1n) is 9.67. The van der Waals surface area contributed by atoms with Gasteiger partial charge in [-0.05, 0) is 48.9 Å². The number of amides is 2. The number of thiophene rings is 1. The van der Waals surface area contributed by atoms with Crippen molar-refractivity contribution in [2.45, 2.75) is 45.4 Å². The molecule has 7 heteroatoms. The quantitative estimate of drug-likeness (QED) is 0.642. The molecule has 4 rings (SSSR count). The highest BCUT2D eigenvalue weighted by Crippen LogP contribution is 2.33. The van der Waals surface area contributed by atoms with Crippen LogP contribution in [0.4, 0.5) is 0 Å². The summed E-state index contributed by atoms with van der Waals surface area (Å²) < 4.78 is 5.60. The Labute approximate surface area is 167 Å². The summed E-state index contributed by atoms with van der Waals surface area (Å²) >= 11 is 1.53. The Morgan fingerprint density at radius 1 is 1.29 bits per heavy atom. The number of nitrogens with one attached hydrogen (secondary N) is 2. The van der Waals surface area contributed by atoms with Gasteiger partial charge < -0.3 is 4.42 Å². The lowest BCUT2D eigenvalue weighted by Gasteiger charge is -2.19. The molecule has 3 aromatic rings. The van der Waals surface area contributed by atoms with Crippen LogP contribution in [0.25, 0.3) is 11.1 Å². The van der Waals surface area contributed by atoms with Gasteiger partial charge in [-0.15, -0.1) is 11.3 Å². The first kappa shape index (κ1) is 18.7. The Morgan fingerprint density at radius 3 is 2.96 bits per heavy atom. The van der Waals surface area contributed by atoms with E-state index in [4.69, 9.17) is 4.42 Å². The Bertz CT molecular complexity index is 974. The second kappa shape index (κ2) is 8.14. The molecule has 0 fully saturated rings. The van der Waals surface area contributed by atoms with Gasteiger partial charge in [0.15, 0.2) is 11.5 Å². The van der Waals surface area contributed by atoms with E-state index in [1.165, 1.54) is 34.6 Å². The van der Waals surface area contributed by atoms with Crippen LogP contribution in [-0.2, 0) is 24.1 Å². The molecule has 1 aliphatic carbocycles. The third kappa shape index (κ3) is 4.09. The maximum Gasteiger partial charge on any atom is 0.279 e. The number of nitrogens with zero attached hydrogens (tertiary/aromatic N) is 1. The predicted molar refractivity (Wildman–Crippen MR) is 108 cm³/mol. The molecule has 1 aromatic carbocycles. The molecule has 0 saturated heterocycles. The van der Waals surface area contributed by atoms with Gasteiger partial charge in [-0.25, -0.2) is 4.98 Å². The van der Waals surface area contributed by atoms with Crippen molar-refractivity contribution >= 4 is 34.3 Å². The molecule has 0 spiro atoms. The van der Waals surface area contributed by atoms with Crippen LogP contribution in [0, 0.1) is 5.92 Å². The second-order valence-corrected chi connectivity index (χ2v) is 8.29. The van der Waals surface area contributed by atoms with Crippen molar-refractivity contribution in [3.05, 3.63) is 51.5 Å². The highest BCUT2D eigenvalue weighted by atomic mass is 32.1. The Kier molecular flexibility index (Phi) is 5.43. The summed E-state index contributed by atoms with van der Waals surface area (Å²) in [5, 5.41) is 0. The van der Waals surface area contributed by atoms with Crippen LogP contribution >= 0.6 is 11.3 Å². The van der Waals surface area contributed by atoms with Crippen LogP contribution in [0.15, 0.2) is 34.7 Å². The van der Waals surface area contributed by atoms with Gasteiger partial charge in [-0.2, -0.15) is 0 Å². The second-order valence-electron chi connectivity index (χ2n) is 7.15. The Hall–Kier alpha value is -2.67. The number of oxazole rings is 1. The summed E-state index contributed by atoms with van der Waals surface area (Å²) in [6.45, 7) is 2.21. The normalized spacial score (nSPS) is 16.0. The molecule has 1 atom stereocenters. The van der Waals surface area contributed by atoms with Crippen LogP contribution in [0.5, 0.6) is 0 Å². The van der Waals surface area contributed by atoms with E-state index >= 15 is 0 Å². The number of hydrogen-bond acceptors (Lipinski definition) is 5. The van der Waals surface area contributed by atoms with Crippen molar-refractivity contribution in [3.8, 4) is 0 Å². The zero-order chi connectivity index (χ0) is 19.5. The number of fused-ring (bicyclic) bond motifs is 2. The monoisotopic (exact) mass is 397 g/mol. The summed E-state index contributed by atoms with van der Waals surface area (Å²) in [6.07, 6.45) is 5.02. The predicted octanol–water partition coefficient (Wildman–Crippen LogP) is 3.80. The number of carbonyl (C=O) groups excluding carboxylic acids is 2. The standard InChI is InChI=1S/C21H23N3O3S/c1-2-13-7-8-17-14(11-13)12-18(28-17)21(26)24-23-19(25)9-10-20-22-15-5-3-4-6-16(15)27-20/h3-6,12-13H,2,7-11H2,1H3,(H,23,25)(H,24,26)/t13-/m0/s1. The van der Waals surface area contributed by atoms with Crippen molar-refractivity contribution < 1.29 is 14.0 Å². The van der Waals surface area contributed by atoms with E-state index in [0.29, 0.717) is 28.7 Å². The molecular formula is C21H23N3O3S. The highest BCUT2D eigenvalue weighted by molar-refractivity contribution is 7.14. The fourth-order valence-corrected chi connectivity index (χ4v) is 4.66. The van der Waals surface area contributed by atoms with Crippen LogP contribution in [0.2, 0.25) is 0 Å². The number of carbonyl (C=O) groups is 2. The fourth-order valence-electron chi connectivity index (χ4n) is 3.56. The number of aryl methyl sites for hydroxylation is 2. The third-order valence-electron chi connectivity index (χ3n) is 5.21. The molecule has 2 N–H and O–H groups in total. The van der Waals surface area contributed by atoms with Crippen molar-refractivity contribution in [2.24, 2.45) is 5.92 Å². The third-order valence-corrected chi connectivity index (χ3v) is 6.44. The van der Waals surface area contributed by atoms with Crippen LogP contribution < -0.4 is 10.9 Å². The van der Waals surface area contributed by atoms with E-state index in [1.54, 1.807) is 0 Å². The summed E-state index contributed by atoms with van der Waals surface area (Å²) in [7, 11) is 0. The van der Waals surface area contributed by atoms with E-state index in [9.17, 15) is 9.59 Å². The van der Waals surface area contributed by atoms with Gasteiger partial charge in [0.25, 0.3) is 5.91 Å². The smallest absolute Gasteiger partial charge is 0.279 e. The fraction of sp³-hybridized carbons (Fsp3) is 0.381. The van der Waals surface area contributed by atoms with Gasteiger partial charge in [0.2, 0.25) is 5.91 Å². The average molecular weight is 398 g/mol. The zero-order valence-electron chi connectivity index (χ0n) is 15.8. The Morgan fingerprint density at radius 2 is 2.14 bits per heavy atom. The number of benzene rings is 1. The van der Waals surface area contributed by atoms with Crippen molar-refractivity contribution in [2.75, 3.05) is 0 Å². The minimum absolute atomic E-state index is 0.187. The van der Waals surface area contributed by atoms with Gasteiger partial charge in [0.1, 0.15) is 5.52 Å². The number of hydrazine groups is 1. The lowest BCUT2D eigenvalue weighted by Crippen LogP contribution is -2.41. The van der Waals surface area contributed by atoms with Crippen molar-refractivity contribution in [1.29, 1.82) is 0 Å². The van der Waals surface area contributed by atoms with Crippen molar-refractivity contribution in [1.82, 2.24) is 15.8 Å². The maximum atomic E-state index is 12.4. The Balaban J connectivity index is 1.27. The summed E-state index contributed by atoms with van der Waals surface area (Å²) in [5.41, 5.74) is 7.77. The van der Waals surface area contributed by atoms with Crippen LogP contribution in [-0.4, -0.2) is 16.8 Å². The highest BCUT2D eigenvalue weighted by Gasteiger charge is 2.22. The largest absolute Gasteiger partial charge is 0.441 e. The molecule has 0 unspecified atom stereocenters. The molecule has 0 saturated carbocycles. The van der Waals surface area contributed by atoms with E-state index in [-0.39, 0.29) is 18.2 Å². The molecule has 2 aromatic heterocycles. The molecule has 0 radical (unpaired) electrons. The molecular weight excluding hydrogens is 374 g/mol. The molecule has 6 nitrogen and oxygen atoms in total. The van der Waals surface area contributed by atoms with Crippen LogP contribution in [0.1, 0.15) is 52.2 Å². The molecule has 0 aliphatic heterocycles. The minimum Gasteiger partial charge on any atom is -0.441 e. The zero-order valence-corrected chi connectivity index (χ0v) is 16.6. The van der Waals surface area contributed by atoms with Gasteiger partial charge in [0.05, 0.1) is 4.88 Å². The molecule has 28 heavy (non-hydrogen) atoms. The molecule has 0 bridgehead atoms. The first-order chi connectivity index (χ1) is 13.6. The lowest BCUT2D eigenvalue weighted by atomic mass is 9.87. The SMILES string of the molecule is CC[C@H]1CCc2sc(C(=O)NNC(=O)CCc3nc4ccccc4o3)cc2C1. The van der Waals surface area contributed by atoms with E-state index in [2.05, 4.69) is 22.8 Å². The molecule has 146 valence electrons. The van der Waals surface area contributed by atoms with Crippen molar-refractivity contribution in [3.63, 3.8) is 0 Å². The molecule has 2 heterocycles. The summed E-state index contributed by atoms with van der Waals surface area (Å²) in [4.78, 5) is 30.7.